The van der Waals surface area contributed by atoms with Crippen molar-refractivity contribution in [3.8, 4) is 11.1 Å². The molecule has 0 saturated heterocycles. The zero-order chi connectivity index (χ0) is 19.1. The van der Waals surface area contributed by atoms with E-state index in [9.17, 15) is 9.18 Å². The van der Waals surface area contributed by atoms with Gasteiger partial charge in [-0.1, -0.05) is 60.7 Å². The predicted molar refractivity (Wildman–Crippen MR) is 107 cm³/mol. The lowest BCUT2D eigenvalue weighted by atomic mass is 9.95. The van der Waals surface area contributed by atoms with Crippen LogP contribution in [-0.4, -0.2) is 15.8 Å². The number of carbonyl (C=O) groups excluding carboxylic acids is 1. The Morgan fingerprint density at radius 2 is 1.57 bits per heavy atom. The van der Waals surface area contributed by atoms with Crippen molar-refractivity contribution in [2.24, 2.45) is 0 Å². The van der Waals surface area contributed by atoms with Crippen LogP contribution >= 0.6 is 0 Å². The van der Waals surface area contributed by atoms with Crippen molar-refractivity contribution >= 4 is 16.8 Å². The number of carbonyl (C=O) groups is 1. The first-order valence-electron chi connectivity index (χ1n) is 9.21. The Kier molecular flexibility index (Phi) is 3.90. The van der Waals surface area contributed by atoms with Crippen molar-refractivity contribution in [2.75, 3.05) is 0 Å². The molecule has 0 radical (unpaired) electrons. The number of rotatable bonds is 3. The largest absolute Gasteiger partial charge is 0.328 e. The average Bonchev–Trinajstić information content (AvgIpc) is 3.03. The molecule has 0 saturated carbocycles. The van der Waals surface area contributed by atoms with E-state index in [1.807, 2.05) is 54.6 Å². The summed E-state index contributed by atoms with van der Waals surface area (Å²) in [7, 11) is 0. The topological polar surface area (TPSA) is 33.2 Å². The second-order valence-corrected chi connectivity index (χ2v) is 6.98. The number of fused-ring (bicyclic) bond motifs is 2. The minimum atomic E-state index is -0.279. The monoisotopic (exact) mass is 368 g/mol. The molecule has 136 valence electrons. The molecule has 4 aromatic rings. The molecule has 0 unspecified atom stereocenters. The second-order valence-electron chi connectivity index (χ2n) is 6.98. The molecule has 2 heterocycles. The fourth-order valence-electron chi connectivity index (χ4n) is 3.86. The molecule has 0 fully saturated rings. The summed E-state index contributed by atoms with van der Waals surface area (Å²) in [5.74, 6) is -0.310. The van der Waals surface area contributed by atoms with Gasteiger partial charge in [0.05, 0.1) is 23.3 Å². The first-order chi connectivity index (χ1) is 13.7. The quantitative estimate of drug-likeness (QED) is 0.498. The smallest absolute Gasteiger partial charge is 0.257 e. The zero-order valence-corrected chi connectivity index (χ0v) is 15.1. The lowest BCUT2D eigenvalue weighted by Gasteiger charge is -2.15. The predicted octanol–water partition coefficient (Wildman–Crippen LogP) is 5.20. The first kappa shape index (κ1) is 16.6. The summed E-state index contributed by atoms with van der Waals surface area (Å²) in [6.45, 7) is 0.885. The van der Waals surface area contributed by atoms with Gasteiger partial charge in [0.1, 0.15) is 5.82 Å². The van der Waals surface area contributed by atoms with Crippen molar-refractivity contribution in [1.82, 2.24) is 9.88 Å². The Morgan fingerprint density at radius 3 is 2.36 bits per heavy atom. The molecule has 0 aliphatic carbocycles. The van der Waals surface area contributed by atoms with Gasteiger partial charge < -0.3 is 4.90 Å². The van der Waals surface area contributed by atoms with Crippen LogP contribution in [-0.2, 0) is 13.1 Å². The minimum Gasteiger partial charge on any atom is -0.328 e. The minimum absolute atomic E-state index is 0.0311. The Labute approximate surface area is 162 Å². The molecule has 3 aromatic carbocycles. The normalized spacial score (nSPS) is 13.2. The number of nitrogens with zero attached hydrogens (tertiary/aromatic N) is 2. The third kappa shape index (κ3) is 2.74. The molecule has 28 heavy (non-hydrogen) atoms. The van der Waals surface area contributed by atoms with Gasteiger partial charge in [-0.2, -0.15) is 0 Å². The highest BCUT2D eigenvalue weighted by Gasteiger charge is 2.33. The Morgan fingerprint density at radius 1 is 0.857 bits per heavy atom. The van der Waals surface area contributed by atoms with Crippen LogP contribution in [0.3, 0.4) is 0 Å². The van der Waals surface area contributed by atoms with E-state index in [0.717, 1.165) is 33.3 Å². The SMILES string of the molecule is O=C1c2c(nc3ccccc3c2-c2ccccc2)CN1Cc1ccc(F)cc1. The van der Waals surface area contributed by atoms with Gasteiger partial charge in [-0.05, 0) is 29.3 Å². The van der Waals surface area contributed by atoms with Gasteiger partial charge in [-0.15, -0.1) is 0 Å². The molecule has 1 aliphatic rings. The summed E-state index contributed by atoms with van der Waals surface area (Å²) >= 11 is 0. The van der Waals surface area contributed by atoms with Crippen molar-refractivity contribution in [1.29, 1.82) is 0 Å². The number of amides is 1. The van der Waals surface area contributed by atoms with Crippen LogP contribution in [0.4, 0.5) is 4.39 Å². The first-order valence-corrected chi connectivity index (χ1v) is 9.21. The van der Waals surface area contributed by atoms with E-state index in [1.54, 1.807) is 17.0 Å². The number of halogens is 1. The van der Waals surface area contributed by atoms with Gasteiger partial charge in [0, 0.05) is 17.5 Å². The average molecular weight is 368 g/mol. The molecule has 0 bridgehead atoms. The van der Waals surface area contributed by atoms with E-state index in [4.69, 9.17) is 4.98 Å². The zero-order valence-electron chi connectivity index (χ0n) is 15.1. The summed E-state index contributed by atoms with van der Waals surface area (Å²) < 4.78 is 13.2. The second kappa shape index (κ2) is 6.57. The maximum absolute atomic E-state index is 13.3. The highest BCUT2D eigenvalue weighted by molar-refractivity contribution is 6.11. The van der Waals surface area contributed by atoms with Crippen molar-refractivity contribution in [3.63, 3.8) is 0 Å². The fourth-order valence-corrected chi connectivity index (χ4v) is 3.86. The summed E-state index contributed by atoms with van der Waals surface area (Å²) in [4.78, 5) is 19.9. The number of benzene rings is 3. The molecular formula is C24H17FN2O. The maximum Gasteiger partial charge on any atom is 0.257 e. The van der Waals surface area contributed by atoms with Crippen LogP contribution in [0.2, 0.25) is 0 Å². The lowest BCUT2D eigenvalue weighted by Crippen LogP contribution is -2.23. The van der Waals surface area contributed by atoms with Crippen molar-refractivity contribution in [2.45, 2.75) is 13.1 Å². The van der Waals surface area contributed by atoms with Crippen LogP contribution < -0.4 is 0 Å². The summed E-state index contributed by atoms with van der Waals surface area (Å²) in [6.07, 6.45) is 0. The maximum atomic E-state index is 13.3. The summed E-state index contributed by atoms with van der Waals surface area (Å²) in [6, 6.07) is 24.2. The van der Waals surface area contributed by atoms with E-state index < -0.39 is 0 Å². The molecule has 1 aliphatic heterocycles. The standard InChI is InChI=1S/C24H17FN2O/c25-18-12-10-16(11-13-18)14-27-15-21-23(24(27)28)22(17-6-2-1-3-7-17)19-8-4-5-9-20(19)26-21/h1-13H,14-15H2. The number of hydrogen-bond acceptors (Lipinski definition) is 2. The highest BCUT2D eigenvalue weighted by atomic mass is 19.1. The molecule has 5 rings (SSSR count). The van der Waals surface area contributed by atoms with Gasteiger partial charge in [0.15, 0.2) is 0 Å². The van der Waals surface area contributed by atoms with E-state index >= 15 is 0 Å². The molecular weight excluding hydrogens is 351 g/mol. The van der Waals surface area contributed by atoms with Gasteiger partial charge >= 0.3 is 0 Å². The highest BCUT2D eigenvalue weighted by Crippen LogP contribution is 2.37. The molecule has 3 nitrogen and oxygen atoms in total. The van der Waals surface area contributed by atoms with E-state index in [2.05, 4.69) is 0 Å². The summed E-state index contributed by atoms with van der Waals surface area (Å²) in [5.41, 5.74) is 5.20. The van der Waals surface area contributed by atoms with E-state index in [-0.39, 0.29) is 11.7 Å². The van der Waals surface area contributed by atoms with Gasteiger partial charge in [0.2, 0.25) is 0 Å². The van der Waals surface area contributed by atoms with Crippen LogP contribution in [0, 0.1) is 5.82 Å². The van der Waals surface area contributed by atoms with Gasteiger partial charge in [0.25, 0.3) is 5.91 Å². The van der Waals surface area contributed by atoms with Crippen LogP contribution in [0.5, 0.6) is 0 Å². The Hall–Kier alpha value is -3.53. The molecule has 0 atom stereocenters. The van der Waals surface area contributed by atoms with Crippen LogP contribution in [0.15, 0.2) is 78.9 Å². The number of pyridine rings is 1. The van der Waals surface area contributed by atoms with Crippen molar-refractivity contribution in [3.05, 3.63) is 102 Å². The number of hydrogen-bond donors (Lipinski definition) is 0. The molecule has 1 amide bonds. The van der Waals surface area contributed by atoms with Gasteiger partial charge in [-0.25, -0.2) is 4.39 Å². The number of para-hydroxylation sites is 1. The molecule has 0 spiro atoms. The van der Waals surface area contributed by atoms with Crippen LogP contribution in [0.1, 0.15) is 21.6 Å². The van der Waals surface area contributed by atoms with Gasteiger partial charge in [-0.3, -0.25) is 9.78 Å². The summed E-state index contributed by atoms with van der Waals surface area (Å²) in [5, 5.41) is 0.976. The fraction of sp³-hybridized carbons (Fsp3) is 0.0833. The molecule has 1 aromatic heterocycles. The third-order valence-electron chi connectivity index (χ3n) is 5.16. The Bertz CT molecular complexity index is 1190. The lowest BCUT2D eigenvalue weighted by molar-refractivity contribution is 0.0767. The third-order valence-corrected chi connectivity index (χ3v) is 5.16. The van der Waals surface area contributed by atoms with Crippen LogP contribution in [0.25, 0.3) is 22.0 Å². The van der Waals surface area contributed by atoms with Crippen molar-refractivity contribution < 1.29 is 9.18 Å². The Balaban J connectivity index is 1.64. The number of aromatic nitrogens is 1. The molecule has 0 N–H and O–H groups in total. The molecule has 4 heteroatoms. The van der Waals surface area contributed by atoms with E-state index in [1.165, 1.54) is 12.1 Å². The van der Waals surface area contributed by atoms with E-state index in [0.29, 0.717) is 18.7 Å².